The van der Waals surface area contributed by atoms with Gasteiger partial charge in [0.2, 0.25) is 0 Å². The van der Waals surface area contributed by atoms with Gasteiger partial charge in [-0.05, 0) is 36.3 Å². The zero-order valence-electron chi connectivity index (χ0n) is 9.77. The molecule has 0 aliphatic carbocycles. The van der Waals surface area contributed by atoms with Gasteiger partial charge in [-0.1, -0.05) is 18.7 Å². The van der Waals surface area contributed by atoms with E-state index < -0.39 is 10.1 Å². The second-order valence-electron chi connectivity index (χ2n) is 3.55. The van der Waals surface area contributed by atoms with E-state index in [0.29, 0.717) is 5.56 Å². The molecule has 0 aliphatic heterocycles. The largest absolute Gasteiger partial charge is 0.392 e. The number of hydrogen-bond acceptors (Lipinski definition) is 3. The van der Waals surface area contributed by atoms with Crippen molar-refractivity contribution in [3.8, 4) is 0 Å². The van der Waals surface area contributed by atoms with Crippen molar-refractivity contribution in [2.24, 2.45) is 0 Å². The van der Waals surface area contributed by atoms with E-state index in [9.17, 15) is 8.42 Å². The Labute approximate surface area is 101 Å². The Morgan fingerprint density at radius 2 is 2.06 bits per heavy atom. The minimum atomic E-state index is -4.17. The molecule has 0 spiro atoms. The highest BCUT2D eigenvalue weighted by atomic mass is 32.2. The molecule has 17 heavy (non-hydrogen) atoms. The lowest BCUT2D eigenvalue weighted by atomic mass is 10.1. The molecule has 0 bridgehead atoms. The molecular weight excluding hydrogens is 238 g/mol. The molecule has 4 nitrogen and oxygen atoms in total. The van der Waals surface area contributed by atoms with Crippen molar-refractivity contribution in [2.45, 2.75) is 11.8 Å². The summed E-state index contributed by atoms with van der Waals surface area (Å²) in [5.41, 5.74) is 2.42. The summed E-state index contributed by atoms with van der Waals surface area (Å²) < 4.78 is 30.9. The molecule has 1 aromatic carbocycles. The fourth-order valence-corrected chi connectivity index (χ4v) is 1.84. The predicted octanol–water partition coefficient (Wildman–Crippen LogP) is 2.16. The Morgan fingerprint density at radius 3 is 2.53 bits per heavy atom. The first-order chi connectivity index (χ1) is 7.88. The van der Waals surface area contributed by atoms with Gasteiger partial charge in [0, 0.05) is 12.7 Å². The summed E-state index contributed by atoms with van der Waals surface area (Å²) in [6.45, 7) is 5.51. The first-order valence-electron chi connectivity index (χ1n) is 4.98. The monoisotopic (exact) mass is 253 g/mol. The third-order valence-electron chi connectivity index (χ3n) is 2.34. The zero-order chi connectivity index (χ0) is 13.1. The first kappa shape index (κ1) is 13.5. The van der Waals surface area contributed by atoms with Crippen LogP contribution >= 0.6 is 0 Å². The van der Waals surface area contributed by atoms with E-state index in [1.807, 2.05) is 13.0 Å². The average molecular weight is 253 g/mol. The predicted molar refractivity (Wildman–Crippen MR) is 69.1 cm³/mol. The number of allylic oxidation sites excluding steroid dienone is 1. The molecule has 0 aliphatic rings. The average Bonchev–Trinajstić information content (AvgIpc) is 2.27. The molecule has 2 N–H and O–H groups in total. The van der Waals surface area contributed by atoms with Gasteiger partial charge in [0.1, 0.15) is 0 Å². The van der Waals surface area contributed by atoms with Crippen LogP contribution in [0.1, 0.15) is 18.1 Å². The van der Waals surface area contributed by atoms with E-state index >= 15 is 0 Å². The standard InChI is InChI=1S/C12H15NO3S/c1-4-10-8-12(17(14,15)16)6-5-11(10)7-9(2)13-3/h4-8,13H,1H2,2-3H3,(H,14,15,16)/b9-7+. The summed E-state index contributed by atoms with van der Waals surface area (Å²) >= 11 is 0. The maximum atomic E-state index is 11.0. The fraction of sp³-hybridized carbons (Fsp3) is 0.167. The molecule has 1 rings (SSSR count). The topological polar surface area (TPSA) is 66.4 Å². The molecule has 0 saturated heterocycles. The van der Waals surface area contributed by atoms with Gasteiger partial charge >= 0.3 is 0 Å². The van der Waals surface area contributed by atoms with Crippen molar-refractivity contribution in [1.29, 1.82) is 0 Å². The summed E-state index contributed by atoms with van der Waals surface area (Å²) in [5, 5.41) is 2.97. The molecule has 92 valence electrons. The molecular formula is C12H15NO3S. The van der Waals surface area contributed by atoms with Crippen molar-refractivity contribution >= 4 is 22.3 Å². The molecule has 0 atom stereocenters. The normalized spacial score (nSPS) is 12.3. The van der Waals surface area contributed by atoms with E-state index in [1.165, 1.54) is 12.1 Å². The highest BCUT2D eigenvalue weighted by molar-refractivity contribution is 7.85. The number of benzene rings is 1. The van der Waals surface area contributed by atoms with Crippen LogP contribution in [0.15, 0.2) is 35.4 Å². The SMILES string of the molecule is C=Cc1cc(S(=O)(=O)O)ccc1/C=C(\C)NC. The van der Waals surface area contributed by atoms with Crippen molar-refractivity contribution in [3.63, 3.8) is 0 Å². The second-order valence-corrected chi connectivity index (χ2v) is 4.97. The van der Waals surface area contributed by atoms with Gasteiger partial charge in [-0.25, -0.2) is 0 Å². The van der Waals surface area contributed by atoms with Gasteiger partial charge in [0.05, 0.1) is 4.90 Å². The molecule has 1 aromatic rings. The van der Waals surface area contributed by atoms with Crippen molar-refractivity contribution in [1.82, 2.24) is 5.32 Å². The van der Waals surface area contributed by atoms with Gasteiger partial charge < -0.3 is 5.32 Å². The second kappa shape index (κ2) is 5.16. The van der Waals surface area contributed by atoms with E-state index in [1.54, 1.807) is 19.2 Å². The van der Waals surface area contributed by atoms with E-state index in [4.69, 9.17) is 4.55 Å². The molecule has 0 heterocycles. The Morgan fingerprint density at radius 1 is 1.41 bits per heavy atom. The highest BCUT2D eigenvalue weighted by Crippen LogP contribution is 2.19. The Hall–Kier alpha value is -1.59. The smallest absolute Gasteiger partial charge is 0.294 e. The molecule has 5 heteroatoms. The lowest BCUT2D eigenvalue weighted by molar-refractivity contribution is 0.483. The third-order valence-corrected chi connectivity index (χ3v) is 3.19. The minimum Gasteiger partial charge on any atom is -0.392 e. The summed E-state index contributed by atoms with van der Waals surface area (Å²) in [4.78, 5) is -0.133. The third kappa shape index (κ3) is 3.44. The van der Waals surface area contributed by atoms with Crippen LogP contribution in [-0.4, -0.2) is 20.0 Å². The van der Waals surface area contributed by atoms with Crippen LogP contribution in [0.5, 0.6) is 0 Å². The molecule has 0 saturated carbocycles. The molecule has 0 fully saturated rings. The maximum absolute atomic E-state index is 11.0. The summed E-state index contributed by atoms with van der Waals surface area (Å²) in [6, 6.07) is 4.37. The van der Waals surface area contributed by atoms with Crippen LogP contribution in [0.4, 0.5) is 0 Å². The van der Waals surface area contributed by atoms with E-state index in [2.05, 4.69) is 11.9 Å². The summed E-state index contributed by atoms with van der Waals surface area (Å²) in [7, 11) is -2.37. The van der Waals surface area contributed by atoms with Gasteiger partial charge in [0.25, 0.3) is 10.1 Å². The number of hydrogen-bond donors (Lipinski definition) is 2. The van der Waals surface area contributed by atoms with Crippen LogP contribution in [-0.2, 0) is 10.1 Å². The Balaban J connectivity index is 3.34. The minimum absolute atomic E-state index is 0.133. The molecule has 0 radical (unpaired) electrons. The van der Waals surface area contributed by atoms with Crippen LogP contribution < -0.4 is 5.32 Å². The lowest BCUT2D eigenvalue weighted by Gasteiger charge is -2.05. The number of nitrogens with one attached hydrogen (secondary N) is 1. The zero-order valence-corrected chi connectivity index (χ0v) is 10.6. The van der Waals surface area contributed by atoms with Crippen LogP contribution in [0.3, 0.4) is 0 Å². The fourth-order valence-electron chi connectivity index (χ4n) is 1.33. The van der Waals surface area contributed by atoms with Crippen LogP contribution in [0, 0.1) is 0 Å². The Bertz CT molecular complexity index is 559. The molecule has 0 unspecified atom stereocenters. The van der Waals surface area contributed by atoms with Gasteiger partial charge in [-0.2, -0.15) is 8.42 Å². The van der Waals surface area contributed by atoms with Crippen LogP contribution in [0.2, 0.25) is 0 Å². The maximum Gasteiger partial charge on any atom is 0.294 e. The summed E-state index contributed by atoms with van der Waals surface area (Å²) in [5.74, 6) is 0. The first-order valence-corrected chi connectivity index (χ1v) is 6.42. The van der Waals surface area contributed by atoms with Crippen molar-refractivity contribution < 1.29 is 13.0 Å². The van der Waals surface area contributed by atoms with Crippen molar-refractivity contribution in [2.75, 3.05) is 7.05 Å². The van der Waals surface area contributed by atoms with Gasteiger partial charge in [0.15, 0.2) is 0 Å². The summed E-state index contributed by atoms with van der Waals surface area (Å²) in [6.07, 6.45) is 3.41. The van der Waals surface area contributed by atoms with E-state index in [-0.39, 0.29) is 4.90 Å². The van der Waals surface area contributed by atoms with Crippen LogP contribution in [0.25, 0.3) is 12.2 Å². The lowest BCUT2D eigenvalue weighted by Crippen LogP contribution is -2.02. The molecule has 0 aromatic heterocycles. The van der Waals surface area contributed by atoms with Gasteiger partial charge in [-0.3, -0.25) is 4.55 Å². The van der Waals surface area contributed by atoms with E-state index in [0.717, 1.165) is 11.3 Å². The van der Waals surface area contributed by atoms with Gasteiger partial charge in [-0.15, -0.1) is 0 Å². The highest BCUT2D eigenvalue weighted by Gasteiger charge is 2.10. The molecule has 0 amide bonds. The number of rotatable bonds is 4. The Kier molecular flexibility index (Phi) is 4.09. The quantitative estimate of drug-likeness (QED) is 0.807. The van der Waals surface area contributed by atoms with Crippen molar-refractivity contribution in [3.05, 3.63) is 41.6 Å².